The molecule has 9 nitrogen and oxygen atoms in total. The third-order valence-electron chi connectivity index (χ3n) is 5.46. The first kappa shape index (κ1) is 19.9. The summed E-state index contributed by atoms with van der Waals surface area (Å²) in [7, 11) is 1.70. The monoisotopic (exact) mass is 417 g/mol. The highest BCUT2D eigenvalue weighted by Crippen LogP contribution is 2.27. The molecule has 1 N–H and O–H groups in total. The third-order valence-corrected chi connectivity index (χ3v) is 6.40. The van der Waals surface area contributed by atoms with Crippen LogP contribution in [-0.2, 0) is 4.79 Å². The molecule has 156 valence electrons. The van der Waals surface area contributed by atoms with E-state index in [-0.39, 0.29) is 11.9 Å². The van der Waals surface area contributed by atoms with E-state index in [0.717, 1.165) is 60.6 Å². The van der Waals surface area contributed by atoms with Crippen LogP contribution in [0.15, 0.2) is 16.2 Å². The molecule has 0 spiro atoms. The number of guanidine groups is 1. The van der Waals surface area contributed by atoms with E-state index < -0.39 is 12.2 Å². The van der Waals surface area contributed by atoms with Gasteiger partial charge in [-0.2, -0.15) is 0 Å². The van der Waals surface area contributed by atoms with Gasteiger partial charge in [0, 0.05) is 43.8 Å². The lowest BCUT2D eigenvalue weighted by atomic mass is 10.1. The number of likely N-dealkylation sites (tertiary alicyclic amines) is 1. The molecule has 29 heavy (non-hydrogen) atoms. The van der Waals surface area contributed by atoms with Gasteiger partial charge in [0.05, 0.1) is 0 Å². The molecule has 2 unspecified atom stereocenters. The Morgan fingerprint density at radius 1 is 1.17 bits per heavy atom. The Labute approximate surface area is 174 Å². The molecular weight excluding hydrogens is 390 g/mol. The van der Waals surface area contributed by atoms with Gasteiger partial charge in [-0.3, -0.25) is 10.1 Å². The molecular formula is C19H27N7O2S. The Kier molecular flexibility index (Phi) is 5.62. The number of aliphatic imine (C=N–C) groups is 1. The summed E-state index contributed by atoms with van der Waals surface area (Å²) in [6, 6.07) is 1.12. The molecule has 0 aromatic carbocycles. The van der Waals surface area contributed by atoms with Crippen molar-refractivity contribution in [2.24, 2.45) is 4.99 Å². The Bertz CT molecular complexity index is 820. The number of fused-ring (bicyclic) bond motifs is 1. The van der Waals surface area contributed by atoms with Gasteiger partial charge in [-0.05, 0) is 39.2 Å². The zero-order valence-corrected chi connectivity index (χ0v) is 17.9. The Balaban J connectivity index is 1.44. The summed E-state index contributed by atoms with van der Waals surface area (Å²) in [5.41, 5.74) is 1.94. The molecule has 1 aromatic heterocycles. The van der Waals surface area contributed by atoms with E-state index in [4.69, 9.17) is 4.99 Å². The van der Waals surface area contributed by atoms with E-state index in [1.807, 2.05) is 19.9 Å². The second kappa shape index (κ2) is 8.17. The lowest BCUT2D eigenvalue weighted by molar-refractivity contribution is -0.127. The number of likely N-dealkylation sites (N-methyl/N-ethyl adjacent to an activating group) is 1. The van der Waals surface area contributed by atoms with Crippen LogP contribution >= 0.6 is 11.8 Å². The number of carbonyl (C=O) groups is 2. The van der Waals surface area contributed by atoms with Crippen molar-refractivity contribution in [3.63, 3.8) is 0 Å². The van der Waals surface area contributed by atoms with Gasteiger partial charge < -0.3 is 14.7 Å². The van der Waals surface area contributed by atoms with Crippen LogP contribution in [0.5, 0.6) is 0 Å². The standard InChI is InChI=1S/C19H27N7O2S/c1-12-11-13(2)21-17(20-12)29-10-6-9-26-14-15(24(3)19(28)23-16(14)27)22-18(26)25-7-4-5-8-25/h11,14-15H,4-10H2,1-3H3,(H,23,27,28). The lowest BCUT2D eigenvalue weighted by Crippen LogP contribution is -2.64. The summed E-state index contributed by atoms with van der Waals surface area (Å²) in [4.78, 5) is 44.2. The maximum absolute atomic E-state index is 12.6. The smallest absolute Gasteiger partial charge is 0.325 e. The van der Waals surface area contributed by atoms with Crippen LogP contribution in [0.1, 0.15) is 30.7 Å². The van der Waals surface area contributed by atoms with E-state index in [9.17, 15) is 9.59 Å². The van der Waals surface area contributed by atoms with Crippen molar-refractivity contribution in [3.8, 4) is 0 Å². The first-order valence-electron chi connectivity index (χ1n) is 10.1. The van der Waals surface area contributed by atoms with E-state index in [2.05, 4.69) is 25.1 Å². The van der Waals surface area contributed by atoms with Gasteiger partial charge in [0.2, 0.25) is 0 Å². The van der Waals surface area contributed by atoms with Crippen molar-refractivity contribution in [3.05, 3.63) is 17.5 Å². The Morgan fingerprint density at radius 2 is 1.86 bits per heavy atom. The van der Waals surface area contributed by atoms with Gasteiger partial charge in [0.1, 0.15) is 0 Å². The summed E-state index contributed by atoms with van der Waals surface area (Å²) in [6.45, 7) is 6.53. The number of rotatable bonds is 5. The minimum atomic E-state index is -0.462. The summed E-state index contributed by atoms with van der Waals surface area (Å²) in [6.07, 6.45) is 2.66. The highest BCUT2D eigenvalue weighted by Gasteiger charge is 2.49. The zero-order valence-electron chi connectivity index (χ0n) is 17.1. The number of thioether (sulfide) groups is 1. The van der Waals surface area contributed by atoms with Crippen molar-refractivity contribution >= 4 is 29.7 Å². The average Bonchev–Trinajstić information content (AvgIpc) is 3.30. The normalized spacial score (nSPS) is 24.1. The summed E-state index contributed by atoms with van der Waals surface area (Å²) >= 11 is 1.63. The molecule has 3 aliphatic heterocycles. The van der Waals surface area contributed by atoms with E-state index in [0.29, 0.717) is 6.54 Å². The van der Waals surface area contributed by atoms with Crippen molar-refractivity contribution in [2.75, 3.05) is 32.4 Å². The van der Waals surface area contributed by atoms with E-state index in [1.54, 1.807) is 18.8 Å². The van der Waals surface area contributed by atoms with Crippen molar-refractivity contribution in [1.29, 1.82) is 0 Å². The molecule has 0 aliphatic carbocycles. The molecule has 2 saturated heterocycles. The number of aromatic nitrogens is 2. The SMILES string of the molecule is Cc1cc(C)nc(SCCCN2C(N3CCCC3)=NC3C2C(=O)NC(=O)N3C)n1. The summed E-state index contributed by atoms with van der Waals surface area (Å²) in [5, 5.41) is 3.25. The molecule has 3 amide bonds. The fourth-order valence-electron chi connectivity index (χ4n) is 4.09. The molecule has 10 heteroatoms. The molecule has 0 radical (unpaired) electrons. The number of amides is 3. The molecule has 0 saturated carbocycles. The lowest BCUT2D eigenvalue weighted by Gasteiger charge is -2.37. The van der Waals surface area contributed by atoms with Crippen LogP contribution in [0.4, 0.5) is 4.79 Å². The number of hydrogen-bond donors (Lipinski definition) is 1. The third kappa shape index (κ3) is 4.03. The number of aryl methyl sites for hydroxylation is 2. The highest BCUT2D eigenvalue weighted by atomic mass is 32.2. The molecule has 2 atom stereocenters. The van der Waals surface area contributed by atoms with Crippen LogP contribution in [0.2, 0.25) is 0 Å². The number of nitrogens with zero attached hydrogens (tertiary/aromatic N) is 6. The second-order valence-electron chi connectivity index (χ2n) is 7.72. The number of carbonyl (C=O) groups excluding carboxylic acids is 2. The van der Waals surface area contributed by atoms with Crippen LogP contribution in [0.25, 0.3) is 0 Å². The van der Waals surface area contributed by atoms with Gasteiger partial charge >= 0.3 is 6.03 Å². The molecule has 2 fully saturated rings. The summed E-state index contributed by atoms with van der Waals surface area (Å²) < 4.78 is 0. The minimum absolute atomic E-state index is 0.263. The molecule has 0 bridgehead atoms. The largest absolute Gasteiger partial charge is 0.343 e. The molecule has 4 rings (SSSR count). The van der Waals surface area contributed by atoms with Crippen molar-refractivity contribution < 1.29 is 9.59 Å². The maximum atomic E-state index is 12.6. The number of urea groups is 1. The first-order valence-corrected chi connectivity index (χ1v) is 11.0. The zero-order chi connectivity index (χ0) is 20.5. The number of hydrogen-bond acceptors (Lipinski definition) is 8. The van der Waals surface area contributed by atoms with Crippen LogP contribution < -0.4 is 5.32 Å². The van der Waals surface area contributed by atoms with Gasteiger partial charge in [-0.1, -0.05) is 11.8 Å². The predicted molar refractivity (Wildman–Crippen MR) is 111 cm³/mol. The predicted octanol–water partition coefficient (Wildman–Crippen LogP) is 1.22. The van der Waals surface area contributed by atoms with Gasteiger partial charge in [0.25, 0.3) is 5.91 Å². The van der Waals surface area contributed by atoms with Gasteiger partial charge in [-0.15, -0.1) is 0 Å². The van der Waals surface area contributed by atoms with E-state index >= 15 is 0 Å². The Morgan fingerprint density at radius 3 is 2.55 bits per heavy atom. The van der Waals surface area contributed by atoms with Crippen molar-refractivity contribution in [2.45, 2.75) is 50.5 Å². The number of imide groups is 1. The number of nitrogens with one attached hydrogen (secondary N) is 1. The average molecular weight is 418 g/mol. The topological polar surface area (TPSA) is 94.0 Å². The molecule has 3 aliphatic rings. The van der Waals surface area contributed by atoms with Crippen LogP contribution in [0.3, 0.4) is 0 Å². The summed E-state index contributed by atoms with van der Waals surface area (Å²) in [5.74, 6) is 1.43. The quantitative estimate of drug-likeness (QED) is 0.437. The van der Waals surface area contributed by atoms with Crippen LogP contribution in [0, 0.1) is 13.8 Å². The minimum Gasteiger partial charge on any atom is -0.343 e. The maximum Gasteiger partial charge on any atom is 0.325 e. The first-order chi connectivity index (χ1) is 13.9. The van der Waals surface area contributed by atoms with Crippen molar-refractivity contribution in [1.82, 2.24) is 30.0 Å². The fourth-order valence-corrected chi connectivity index (χ4v) is 4.96. The highest BCUT2D eigenvalue weighted by molar-refractivity contribution is 7.99. The van der Waals surface area contributed by atoms with Gasteiger partial charge in [0.15, 0.2) is 23.3 Å². The Hall–Kier alpha value is -2.36. The van der Waals surface area contributed by atoms with Gasteiger partial charge in [-0.25, -0.2) is 19.8 Å². The van der Waals surface area contributed by atoms with E-state index in [1.165, 1.54) is 4.90 Å². The molecule has 1 aromatic rings. The second-order valence-corrected chi connectivity index (χ2v) is 8.78. The molecule has 4 heterocycles. The fraction of sp³-hybridized carbons (Fsp3) is 0.632. The van der Waals surface area contributed by atoms with Crippen LogP contribution in [-0.4, -0.2) is 87.2 Å².